The van der Waals surface area contributed by atoms with Gasteiger partial charge in [0.05, 0.1) is 33.0 Å². The van der Waals surface area contributed by atoms with Crippen molar-refractivity contribution < 1.29 is 32.3 Å². The monoisotopic (exact) mass is 483 g/mol. The van der Waals surface area contributed by atoms with E-state index >= 15 is 0 Å². The van der Waals surface area contributed by atoms with Crippen LogP contribution in [0.1, 0.15) is 29.3 Å². The molecule has 1 aliphatic heterocycles. The molecule has 0 saturated carbocycles. The maximum absolute atomic E-state index is 14.8. The first-order valence-corrected chi connectivity index (χ1v) is 10.4. The van der Waals surface area contributed by atoms with Crippen molar-refractivity contribution in [3.63, 3.8) is 0 Å². The van der Waals surface area contributed by atoms with Gasteiger partial charge in [0.2, 0.25) is 0 Å². The molecule has 4 rings (SSSR count). The molecule has 3 aromatic rings. The largest absolute Gasteiger partial charge is 0.481 e. The molecular formula is C22H18ClF4N3O3. The van der Waals surface area contributed by atoms with Crippen LogP contribution in [0.5, 0.6) is 0 Å². The van der Waals surface area contributed by atoms with Crippen molar-refractivity contribution in [2.24, 2.45) is 11.8 Å². The molecule has 0 spiro atoms. The first kappa shape index (κ1) is 23.0. The third-order valence-corrected chi connectivity index (χ3v) is 6.20. The number of carbonyl (C=O) groups is 2. The number of anilines is 1. The molecule has 1 saturated heterocycles. The van der Waals surface area contributed by atoms with Gasteiger partial charge in [0.1, 0.15) is 5.82 Å². The van der Waals surface area contributed by atoms with Crippen molar-refractivity contribution in [3.05, 3.63) is 58.4 Å². The van der Waals surface area contributed by atoms with E-state index in [1.165, 1.54) is 12.1 Å². The van der Waals surface area contributed by atoms with Crippen LogP contribution in [-0.4, -0.2) is 39.9 Å². The van der Waals surface area contributed by atoms with Gasteiger partial charge < -0.3 is 10.0 Å². The summed E-state index contributed by atoms with van der Waals surface area (Å²) in [5, 5.41) is 13.1. The number of carboxylic acids is 1. The second-order valence-corrected chi connectivity index (χ2v) is 8.40. The topological polar surface area (TPSA) is 75.4 Å². The third kappa shape index (κ3) is 4.03. The smallest absolute Gasteiger partial charge is 0.417 e. The fraction of sp³-hybridized carbons (Fsp3) is 0.318. The highest BCUT2D eigenvalue weighted by Gasteiger charge is 2.38. The predicted octanol–water partition coefficient (Wildman–Crippen LogP) is 5.08. The van der Waals surface area contributed by atoms with Crippen LogP contribution >= 0.6 is 11.6 Å². The maximum atomic E-state index is 14.8. The van der Waals surface area contributed by atoms with Gasteiger partial charge in [-0.3, -0.25) is 9.59 Å². The molecule has 174 valence electrons. The molecule has 2 heterocycles. The number of aliphatic carboxylic acids is 1. The molecular weight excluding hydrogens is 466 g/mol. The van der Waals surface area contributed by atoms with Crippen LogP contribution in [-0.2, 0) is 11.0 Å². The third-order valence-electron chi connectivity index (χ3n) is 5.89. The lowest BCUT2D eigenvalue weighted by Gasteiger charge is -2.35. The molecule has 1 aromatic heterocycles. The Balaban J connectivity index is 1.85. The fourth-order valence-corrected chi connectivity index (χ4v) is 4.53. The Kier molecular flexibility index (Phi) is 5.81. The summed E-state index contributed by atoms with van der Waals surface area (Å²) in [7, 11) is 0. The molecule has 2 atom stereocenters. The number of aromatic nitrogens is 2. The number of rotatable bonds is 3. The van der Waals surface area contributed by atoms with Crippen molar-refractivity contribution >= 4 is 40.2 Å². The molecule has 0 radical (unpaired) electrons. The Labute approximate surface area is 190 Å². The molecule has 0 unspecified atom stereocenters. The molecule has 0 aliphatic carbocycles. The Bertz CT molecular complexity index is 1260. The number of hydrogen-bond acceptors (Lipinski definition) is 4. The van der Waals surface area contributed by atoms with Crippen molar-refractivity contribution in [1.29, 1.82) is 0 Å². The number of halogens is 5. The summed E-state index contributed by atoms with van der Waals surface area (Å²) in [4.78, 5) is 26.3. The fourth-order valence-electron chi connectivity index (χ4n) is 4.27. The molecule has 0 bridgehead atoms. The molecule has 0 amide bonds. The summed E-state index contributed by atoms with van der Waals surface area (Å²) < 4.78 is 56.3. The lowest BCUT2D eigenvalue weighted by molar-refractivity contribution is -0.144. The number of carboxylic acid groups (broad SMARTS) is 1. The number of fused-ring (bicyclic) bond motifs is 1. The minimum Gasteiger partial charge on any atom is -0.481 e. The van der Waals surface area contributed by atoms with Crippen LogP contribution in [0, 0.1) is 17.7 Å². The van der Waals surface area contributed by atoms with Crippen molar-refractivity contribution in [2.75, 3.05) is 18.0 Å². The molecule has 1 N–H and O–H groups in total. The summed E-state index contributed by atoms with van der Waals surface area (Å²) in [6, 6.07) is 6.85. The van der Waals surface area contributed by atoms with Gasteiger partial charge in [0.25, 0.3) is 5.91 Å². The van der Waals surface area contributed by atoms with E-state index in [1.54, 1.807) is 11.8 Å². The maximum Gasteiger partial charge on any atom is 0.417 e. The number of carbonyl (C=O) groups excluding carboxylic acids is 1. The van der Waals surface area contributed by atoms with Crippen LogP contribution in [0.4, 0.5) is 23.4 Å². The molecule has 1 fully saturated rings. The Morgan fingerprint density at radius 2 is 1.88 bits per heavy atom. The van der Waals surface area contributed by atoms with Crippen LogP contribution in [0.2, 0.25) is 5.02 Å². The van der Waals surface area contributed by atoms with Gasteiger partial charge in [-0.2, -0.15) is 17.9 Å². The van der Waals surface area contributed by atoms with E-state index in [9.17, 15) is 32.3 Å². The second-order valence-electron chi connectivity index (χ2n) is 7.99. The van der Waals surface area contributed by atoms with Gasteiger partial charge in [0, 0.05) is 13.1 Å². The van der Waals surface area contributed by atoms with Crippen LogP contribution in [0.25, 0.3) is 10.9 Å². The zero-order valence-electron chi connectivity index (χ0n) is 17.2. The van der Waals surface area contributed by atoms with Crippen molar-refractivity contribution in [1.82, 2.24) is 9.78 Å². The average Bonchev–Trinajstić information content (AvgIpc) is 3.13. The lowest BCUT2D eigenvalue weighted by atomic mass is 9.87. The number of benzene rings is 2. The zero-order valence-corrected chi connectivity index (χ0v) is 18.0. The Hall–Kier alpha value is -3.14. The Morgan fingerprint density at radius 3 is 2.52 bits per heavy atom. The van der Waals surface area contributed by atoms with E-state index in [2.05, 4.69) is 5.10 Å². The molecule has 2 aromatic carbocycles. The predicted molar refractivity (Wildman–Crippen MR) is 113 cm³/mol. The van der Waals surface area contributed by atoms with Gasteiger partial charge in [-0.1, -0.05) is 30.7 Å². The Morgan fingerprint density at radius 1 is 1.18 bits per heavy atom. The number of piperidine rings is 1. The highest BCUT2D eigenvalue weighted by Crippen LogP contribution is 2.37. The van der Waals surface area contributed by atoms with Gasteiger partial charge in [0.15, 0.2) is 5.82 Å². The first-order valence-electron chi connectivity index (χ1n) is 10.1. The molecule has 1 aliphatic rings. The lowest BCUT2D eigenvalue weighted by Crippen LogP contribution is -2.42. The number of alkyl halides is 3. The molecule has 33 heavy (non-hydrogen) atoms. The standard InChI is InChI=1S/C22H18ClF4N3O3/c1-11-10-29(9-8-12(11)21(32)33)19-18-15(24)6-3-7-16(18)30(28-19)20(31)17-13(22(25,26)27)4-2-5-14(17)23/h2-7,11-12H,8-10H2,1H3,(H,32,33)/t11-,12+/m1/s1. The summed E-state index contributed by atoms with van der Waals surface area (Å²) in [6.45, 7) is 2.20. The van der Waals surface area contributed by atoms with Crippen LogP contribution in [0.15, 0.2) is 36.4 Å². The molecule has 6 nitrogen and oxygen atoms in total. The van der Waals surface area contributed by atoms with Crippen LogP contribution in [0.3, 0.4) is 0 Å². The van der Waals surface area contributed by atoms with Crippen molar-refractivity contribution in [2.45, 2.75) is 19.5 Å². The van der Waals surface area contributed by atoms with E-state index in [-0.39, 0.29) is 42.1 Å². The van der Waals surface area contributed by atoms with Gasteiger partial charge in [-0.15, -0.1) is 5.10 Å². The zero-order chi connectivity index (χ0) is 24.1. The quantitative estimate of drug-likeness (QED) is 0.526. The van der Waals surface area contributed by atoms with E-state index in [4.69, 9.17) is 11.6 Å². The second kappa shape index (κ2) is 8.33. The minimum atomic E-state index is -4.85. The van der Waals surface area contributed by atoms with Gasteiger partial charge in [-0.05, 0) is 36.6 Å². The van der Waals surface area contributed by atoms with Gasteiger partial charge >= 0.3 is 12.1 Å². The summed E-state index contributed by atoms with van der Waals surface area (Å²) in [5.41, 5.74) is -2.03. The normalized spacial score (nSPS) is 19.2. The number of hydrogen-bond donors (Lipinski definition) is 1. The highest BCUT2D eigenvalue weighted by atomic mass is 35.5. The van der Waals surface area contributed by atoms with E-state index < -0.39 is 45.9 Å². The minimum absolute atomic E-state index is 0.0175. The SMILES string of the molecule is C[C@@H]1CN(c2nn(C(=O)c3c(Cl)cccc3C(F)(F)F)c3cccc(F)c23)CC[C@@H]1C(=O)O. The van der Waals surface area contributed by atoms with Gasteiger partial charge in [-0.25, -0.2) is 4.39 Å². The highest BCUT2D eigenvalue weighted by molar-refractivity contribution is 6.34. The first-order chi connectivity index (χ1) is 15.5. The van der Waals surface area contributed by atoms with E-state index in [0.29, 0.717) is 0 Å². The van der Waals surface area contributed by atoms with E-state index in [0.717, 1.165) is 28.9 Å². The van der Waals surface area contributed by atoms with Crippen molar-refractivity contribution in [3.8, 4) is 0 Å². The summed E-state index contributed by atoms with van der Waals surface area (Å²) in [5.74, 6) is -3.60. The van der Waals surface area contributed by atoms with Crippen LogP contribution < -0.4 is 4.90 Å². The average molecular weight is 484 g/mol. The summed E-state index contributed by atoms with van der Waals surface area (Å²) in [6.07, 6.45) is -4.57. The molecule has 11 heteroatoms. The summed E-state index contributed by atoms with van der Waals surface area (Å²) >= 11 is 5.98. The number of nitrogens with zero attached hydrogens (tertiary/aromatic N) is 3. The van der Waals surface area contributed by atoms with E-state index in [1.807, 2.05) is 0 Å².